The van der Waals surface area contributed by atoms with Crippen LogP contribution in [-0.4, -0.2) is 20.2 Å². The highest BCUT2D eigenvalue weighted by Crippen LogP contribution is 2.30. The monoisotopic (exact) mass is 317 g/mol. The lowest BCUT2D eigenvalue weighted by Gasteiger charge is -2.24. The number of tetrazole rings is 1. The van der Waals surface area contributed by atoms with Gasteiger partial charge in [-0.3, -0.25) is 0 Å². The second kappa shape index (κ2) is 7.06. The fourth-order valence-corrected chi connectivity index (χ4v) is 3.32. The van der Waals surface area contributed by atoms with Crippen LogP contribution in [0.1, 0.15) is 69.4 Å². The van der Waals surface area contributed by atoms with Crippen LogP contribution in [0.3, 0.4) is 0 Å². The zero-order chi connectivity index (χ0) is 16.2. The molecular weight excluding hydrogens is 293 g/mol. The number of rotatable bonds is 5. The molecule has 0 bridgehead atoms. The van der Waals surface area contributed by atoms with E-state index >= 15 is 0 Å². The lowest BCUT2D eigenvalue weighted by Crippen LogP contribution is -2.21. The van der Waals surface area contributed by atoms with Gasteiger partial charge in [-0.05, 0) is 60.4 Å². The van der Waals surface area contributed by atoms with Gasteiger partial charge in [-0.1, -0.05) is 26.2 Å². The molecule has 1 aromatic carbocycles. The fraction of sp³-hybridized carbons (Fsp3) is 0.588. The maximum atomic E-state index is 13.6. The van der Waals surface area contributed by atoms with Gasteiger partial charge in [0.25, 0.3) is 0 Å². The predicted molar refractivity (Wildman–Crippen MR) is 87.8 cm³/mol. The lowest BCUT2D eigenvalue weighted by atomic mass is 9.95. The number of anilines is 1. The molecule has 124 valence electrons. The Labute approximate surface area is 136 Å². The largest absolute Gasteiger partial charge is 0.375 e. The van der Waals surface area contributed by atoms with Gasteiger partial charge in [-0.15, -0.1) is 5.10 Å². The second-order valence-electron chi connectivity index (χ2n) is 6.30. The highest BCUT2D eigenvalue weighted by molar-refractivity contribution is 5.47. The topological polar surface area (TPSA) is 55.6 Å². The Morgan fingerprint density at radius 2 is 2.09 bits per heavy atom. The van der Waals surface area contributed by atoms with Gasteiger partial charge in [-0.2, -0.15) is 0 Å². The summed E-state index contributed by atoms with van der Waals surface area (Å²) in [6, 6.07) is 5.51. The molecule has 23 heavy (non-hydrogen) atoms. The van der Waals surface area contributed by atoms with Crippen LogP contribution in [-0.2, 0) is 6.42 Å². The van der Waals surface area contributed by atoms with Crippen molar-refractivity contribution in [3.8, 4) is 0 Å². The molecule has 0 amide bonds. The van der Waals surface area contributed by atoms with Crippen molar-refractivity contribution in [2.45, 2.75) is 64.5 Å². The van der Waals surface area contributed by atoms with Gasteiger partial charge in [0, 0.05) is 5.69 Å². The second-order valence-corrected chi connectivity index (χ2v) is 6.30. The van der Waals surface area contributed by atoms with E-state index in [1.165, 1.54) is 25.3 Å². The summed E-state index contributed by atoms with van der Waals surface area (Å²) >= 11 is 0. The Kier molecular flexibility index (Phi) is 4.88. The van der Waals surface area contributed by atoms with Crippen molar-refractivity contribution in [1.82, 2.24) is 20.2 Å². The van der Waals surface area contributed by atoms with Crippen molar-refractivity contribution >= 4 is 5.69 Å². The zero-order valence-corrected chi connectivity index (χ0v) is 13.8. The average Bonchev–Trinajstić information content (AvgIpc) is 3.07. The van der Waals surface area contributed by atoms with Gasteiger partial charge in [0.05, 0.1) is 12.1 Å². The summed E-state index contributed by atoms with van der Waals surface area (Å²) in [5, 5.41) is 15.7. The summed E-state index contributed by atoms with van der Waals surface area (Å²) in [5.74, 6) is 0.692. The Morgan fingerprint density at radius 1 is 1.30 bits per heavy atom. The van der Waals surface area contributed by atoms with Gasteiger partial charge in [0.2, 0.25) is 0 Å². The first-order valence-electron chi connectivity index (χ1n) is 8.51. The van der Waals surface area contributed by atoms with Crippen molar-refractivity contribution in [1.29, 1.82) is 0 Å². The van der Waals surface area contributed by atoms with E-state index in [2.05, 4.69) is 20.8 Å². The van der Waals surface area contributed by atoms with Gasteiger partial charge in [0.15, 0.2) is 5.82 Å². The molecule has 1 aliphatic rings. The molecular formula is C17H24FN5. The molecule has 1 heterocycles. The Bertz CT molecular complexity index is 648. The van der Waals surface area contributed by atoms with Crippen LogP contribution in [0.15, 0.2) is 18.2 Å². The third kappa shape index (κ3) is 3.51. The normalized spacial score (nSPS) is 17.2. The van der Waals surface area contributed by atoms with Crippen LogP contribution >= 0.6 is 0 Å². The van der Waals surface area contributed by atoms with Crippen LogP contribution in [0.25, 0.3) is 0 Å². The molecule has 0 aliphatic heterocycles. The molecule has 2 aromatic rings. The molecule has 1 N–H and O–H groups in total. The van der Waals surface area contributed by atoms with E-state index in [-0.39, 0.29) is 11.9 Å². The van der Waals surface area contributed by atoms with E-state index in [1.807, 2.05) is 24.6 Å². The van der Waals surface area contributed by atoms with Crippen LogP contribution in [0, 0.1) is 5.82 Å². The summed E-state index contributed by atoms with van der Waals surface area (Å²) in [5.41, 5.74) is 1.61. The molecule has 1 fully saturated rings. The molecule has 1 aromatic heterocycles. The van der Waals surface area contributed by atoms with Crippen LogP contribution in [0.4, 0.5) is 10.1 Å². The number of aromatic nitrogens is 4. The third-order valence-electron chi connectivity index (χ3n) is 4.64. The van der Waals surface area contributed by atoms with Crippen molar-refractivity contribution < 1.29 is 4.39 Å². The standard InChI is InChI=1S/C17H24FN5/c1-3-13-11-14(9-10-16(13)18)19-12(2)17-20-21-22-23(17)15-7-5-4-6-8-15/h9-12,15,19H,3-8H2,1-2H3. The number of nitrogens with one attached hydrogen (secondary N) is 1. The molecule has 6 heteroatoms. The van der Waals surface area contributed by atoms with Gasteiger partial charge in [-0.25, -0.2) is 9.07 Å². The molecule has 0 saturated heterocycles. The Hall–Kier alpha value is -1.98. The number of benzene rings is 1. The first-order valence-corrected chi connectivity index (χ1v) is 8.51. The number of nitrogens with zero attached hydrogens (tertiary/aromatic N) is 4. The molecule has 0 radical (unpaired) electrons. The molecule has 3 rings (SSSR count). The summed E-state index contributed by atoms with van der Waals surface area (Å²) in [7, 11) is 0. The minimum atomic E-state index is -0.155. The van der Waals surface area contributed by atoms with Gasteiger partial charge < -0.3 is 5.32 Å². The molecule has 5 nitrogen and oxygen atoms in total. The maximum Gasteiger partial charge on any atom is 0.173 e. The van der Waals surface area contributed by atoms with Gasteiger partial charge in [0.1, 0.15) is 5.82 Å². The van der Waals surface area contributed by atoms with Crippen molar-refractivity contribution in [3.05, 3.63) is 35.4 Å². The Balaban J connectivity index is 1.76. The molecule has 1 atom stereocenters. The minimum absolute atomic E-state index is 0.0258. The quantitative estimate of drug-likeness (QED) is 0.904. The predicted octanol–water partition coefficient (Wildman–Crippen LogP) is 4.05. The van der Waals surface area contributed by atoms with Crippen LogP contribution in [0.5, 0.6) is 0 Å². The van der Waals surface area contributed by atoms with Gasteiger partial charge >= 0.3 is 0 Å². The van der Waals surface area contributed by atoms with Crippen LogP contribution in [0.2, 0.25) is 0 Å². The highest BCUT2D eigenvalue weighted by atomic mass is 19.1. The summed E-state index contributed by atoms with van der Waals surface area (Å²) in [4.78, 5) is 0. The van der Waals surface area contributed by atoms with E-state index in [9.17, 15) is 4.39 Å². The summed E-state index contributed by atoms with van der Waals surface area (Å²) in [6.07, 6.45) is 6.74. The van der Waals surface area contributed by atoms with Crippen molar-refractivity contribution in [2.24, 2.45) is 0 Å². The van der Waals surface area contributed by atoms with E-state index in [0.717, 1.165) is 24.4 Å². The molecule has 0 spiro atoms. The summed E-state index contributed by atoms with van der Waals surface area (Å²) in [6.45, 7) is 4.00. The van der Waals surface area contributed by atoms with Crippen LogP contribution < -0.4 is 5.32 Å². The number of hydrogen-bond donors (Lipinski definition) is 1. The average molecular weight is 317 g/mol. The Morgan fingerprint density at radius 3 is 2.83 bits per heavy atom. The van der Waals surface area contributed by atoms with Crippen molar-refractivity contribution in [3.63, 3.8) is 0 Å². The molecule has 1 unspecified atom stereocenters. The maximum absolute atomic E-state index is 13.6. The third-order valence-corrected chi connectivity index (χ3v) is 4.64. The number of halogens is 1. The number of hydrogen-bond acceptors (Lipinski definition) is 4. The first kappa shape index (κ1) is 15.9. The smallest absolute Gasteiger partial charge is 0.173 e. The fourth-order valence-electron chi connectivity index (χ4n) is 3.32. The summed E-state index contributed by atoms with van der Waals surface area (Å²) < 4.78 is 15.6. The highest BCUT2D eigenvalue weighted by Gasteiger charge is 2.23. The molecule has 1 aliphatic carbocycles. The minimum Gasteiger partial charge on any atom is -0.375 e. The first-order chi connectivity index (χ1) is 11.2. The SMILES string of the molecule is CCc1cc(NC(C)c2nnnn2C2CCCCC2)ccc1F. The van der Waals surface area contributed by atoms with E-state index < -0.39 is 0 Å². The van der Waals surface area contributed by atoms with E-state index in [4.69, 9.17) is 0 Å². The lowest BCUT2D eigenvalue weighted by molar-refractivity contribution is 0.314. The van der Waals surface area contributed by atoms with E-state index in [1.54, 1.807) is 6.07 Å². The molecule has 1 saturated carbocycles. The van der Waals surface area contributed by atoms with E-state index in [0.29, 0.717) is 18.0 Å². The number of aryl methyl sites for hydroxylation is 1. The van der Waals surface area contributed by atoms with Crippen molar-refractivity contribution in [2.75, 3.05) is 5.32 Å². The zero-order valence-electron chi connectivity index (χ0n) is 13.8.